The lowest BCUT2D eigenvalue weighted by atomic mass is 10.2. The van der Waals surface area contributed by atoms with Crippen molar-refractivity contribution < 1.29 is 21.6 Å². The Hall–Kier alpha value is -0.480. The van der Waals surface area contributed by atoms with Gasteiger partial charge in [0.15, 0.2) is 9.84 Å². The molecule has 0 spiro atoms. The zero-order valence-electron chi connectivity index (χ0n) is 13.1. The molecule has 0 unspecified atom stereocenters. The topological polar surface area (TPSA) is 80.8 Å². The second-order valence-electron chi connectivity index (χ2n) is 6.22. The van der Waals surface area contributed by atoms with Crippen LogP contribution in [0.25, 0.3) is 0 Å². The number of benzene rings is 1. The van der Waals surface area contributed by atoms with Crippen LogP contribution in [0.1, 0.15) is 19.3 Å². The van der Waals surface area contributed by atoms with Gasteiger partial charge in [-0.2, -0.15) is 4.31 Å². The van der Waals surface area contributed by atoms with Gasteiger partial charge in [-0.05, 0) is 43.5 Å². The largest absolute Gasteiger partial charge is 0.377 e. The van der Waals surface area contributed by atoms with Crippen LogP contribution in [0.2, 0.25) is 0 Å². The van der Waals surface area contributed by atoms with E-state index in [1.54, 1.807) is 12.1 Å². The molecule has 2 heterocycles. The minimum absolute atomic E-state index is 0.0373. The first-order valence-electron chi connectivity index (χ1n) is 7.87. The van der Waals surface area contributed by atoms with Crippen molar-refractivity contribution in [2.75, 3.05) is 24.7 Å². The van der Waals surface area contributed by atoms with Crippen LogP contribution in [0.3, 0.4) is 0 Å². The number of hydrogen-bond acceptors (Lipinski definition) is 5. The lowest BCUT2D eigenvalue weighted by Gasteiger charge is -2.29. The summed E-state index contributed by atoms with van der Waals surface area (Å²) in [6.45, 7) is 0.832. The van der Waals surface area contributed by atoms with Crippen LogP contribution in [0.15, 0.2) is 33.6 Å². The third-order valence-electron chi connectivity index (χ3n) is 4.44. The van der Waals surface area contributed by atoms with Crippen molar-refractivity contribution >= 4 is 35.8 Å². The van der Waals surface area contributed by atoms with Crippen LogP contribution in [0, 0.1) is 0 Å². The van der Waals surface area contributed by atoms with Gasteiger partial charge in [0.05, 0.1) is 22.5 Å². The van der Waals surface area contributed by atoms with Crippen LogP contribution in [-0.4, -0.2) is 57.9 Å². The maximum absolute atomic E-state index is 13.1. The summed E-state index contributed by atoms with van der Waals surface area (Å²) in [4.78, 5) is 0.174. The molecule has 2 aliphatic rings. The molecule has 0 aliphatic carbocycles. The fraction of sp³-hybridized carbons (Fsp3) is 0.600. The molecule has 2 saturated heterocycles. The van der Waals surface area contributed by atoms with E-state index in [4.69, 9.17) is 4.74 Å². The summed E-state index contributed by atoms with van der Waals surface area (Å²) in [6.07, 6.45) is 1.87. The minimum atomic E-state index is -3.77. The molecule has 2 fully saturated rings. The highest BCUT2D eigenvalue weighted by Gasteiger charge is 2.40. The summed E-state index contributed by atoms with van der Waals surface area (Å²) in [5, 5.41) is 0. The van der Waals surface area contributed by atoms with Gasteiger partial charge in [0.25, 0.3) is 0 Å². The Morgan fingerprint density at radius 2 is 1.92 bits per heavy atom. The highest BCUT2D eigenvalue weighted by Crippen LogP contribution is 2.28. The molecule has 0 saturated carbocycles. The predicted octanol–water partition coefficient (Wildman–Crippen LogP) is 1.81. The molecule has 1 aromatic carbocycles. The van der Waals surface area contributed by atoms with E-state index in [9.17, 15) is 16.8 Å². The highest BCUT2D eigenvalue weighted by atomic mass is 79.9. The SMILES string of the molecule is O=S1(=O)CC[C@@H](N(C[C@H]2CCCO2)S(=O)(=O)c2ccc(Br)cc2)C1. The number of nitrogens with zero attached hydrogens (tertiary/aromatic N) is 1. The summed E-state index contributed by atoms with van der Waals surface area (Å²) >= 11 is 3.29. The molecular weight excluding hydrogens is 418 g/mol. The van der Waals surface area contributed by atoms with Crippen molar-refractivity contribution in [2.24, 2.45) is 0 Å². The molecule has 0 bridgehead atoms. The maximum atomic E-state index is 13.1. The lowest BCUT2D eigenvalue weighted by Crippen LogP contribution is -2.45. The number of ether oxygens (including phenoxy) is 1. The van der Waals surface area contributed by atoms with E-state index >= 15 is 0 Å². The van der Waals surface area contributed by atoms with Crippen LogP contribution >= 0.6 is 15.9 Å². The normalized spacial score (nSPS) is 26.9. The van der Waals surface area contributed by atoms with Crippen molar-refractivity contribution in [1.29, 1.82) is 0 Å². The smallest absolute Gasteiger partial charge is 0.243 e. The molecule has 2 aliphatic heterocycles. The quantitative estimate of drug-likeness (QED) is 0.701. The summed E-state index contributed by atoms with van der Waals surface area (Å²) in [6, 6.07) is 5.88. The van der Waals surface area contributed by atoms with Gasteiger partial charge in [0.2, 0.25) is 10.0 Å². The molecule has 0 N–H and O–H groups in total. The number of rotatable bonds is 5. The summed E-state index contributed by atoms with van der Waals surface area (Å²) in [5.74, 6) is -0.0783. The van der Waals surface area contributed by atoms with E-state index in [1.807, 2.05) is 0 Å². The molecule has 134 valence electrons. The molecule has 2 atom stereocenters. The number of hydrogen-bond donors (Lipinski definition) is 0. The molecule has 0 aromatic heterocycles. The van der Waals surface area contributed by atoms with E-state index in [0.717, 1.165) is 17.3 Å². The molecule has 6 nitrogen and oxygen atoms in total. The fourth-order valence-electron chi connectivity index (χ4n) is 3.18. The summed E-state index contributed by atoms with van der Waals surface area (Å²) in [7, 11) is -6.95. The highest BCUT2D eigenvalue weighted by molar-refractivity contribution is 9.10. The van der Waals surface area contributed by atoms with Crippen molar-refractivity contribution in [2.45, 2.75) is 36.3 Å². The Bertz CT molecular complexity index is 786. The predicted molar refractivity (Wildman–Crippen MR) is 94.1 cm³/mol. The van der Waals surface area contributed by atoms with Crippen LogP contribution in [-0.2, 0) is 24.6 Å². The van der Waals surface area contributed by atoms with Crippen LogP contribution in [0.4, 0.5) is 0 Å². The first-order valence-corrected chi connectivity index (χ1v) is 11.9. The molecule has 1 aromatic rings. The van der Waals surface area contributed by atoms with E-state index < -0.39 is 25.9 Å². The number of sulfonamides is 1. The van der Waals surface area contributed by atoms with Gasteiger partial charge in [-0.3, -0.25) is 0 Å². The zero-order valence-corrected chi connectivity index (χ0v) is 16.3. The fourth-order valence-corrected chi connectivity index (χ4v) is 6.95. The number of halogens is 1. The third-order valence-corrected chi connectivity index (χ3v) is 8.66. The first-order chi connectivity index (χ1) is 11.3. The second kappa shape index (κ2) is 7.03. The number of sulfone groups is 1. The van der Waals surface area contributed by atoms with E-state index in [1.165, 1.54) is 16.4 Å². The minimum Gasteiger partial charge on any atom is -0.377 e. The standard InChI is InChI=1S/C15H20BrNO5S2/c16-12-3-5-15(6-4-12)24(20,21)17(10-14-2-1-8-22-14)13-7-9-23(18,19)11-13/h3-6,13-14H,1-2,7-11H2/t13-,14-/m1/s1. The van der Waals surface area contributed by atoms with Crippen LogP contribution in [0.5, 0.6) is 0 Å². The molecule has 0 radical (unpaired) electrons. The van der Waals surface area contributed by atoms with E-state index in [-0.39, 0.29) is 29.0 Å². The maximum Gasteiger partial charge on any atom is 0.243 e. The monoisotopic (exact) mass is 437 g/mol. The zero-order chi connectivity index (χ0) is 17.4. The Balaban J connectivity index is 1.91. The average molecular weight is 438 g/mol. The Morgan fingerprint density at radius 1 is 1.21 bits per heavy atom. The third kappa shape index (κ3) is 4.01. The van der Waals surface area contributed by atoms with Gasteiger partial charge in [-0.15, -0.1) is 0 Å². The summed E-state index contributed by atoms with van der Waals surface area (Å²) in [5.41, 5.74) is 0. The lowest BCUT2D eigenvalue weighted by molar-refractivity contribution is 0.0877. The van der Waals surface area contributed by atoms with Gasteiger partial charge < -0.3 is 4.74 Å². The molecule has 0 amide bonds. The molecular formula is C15H20BrNO5S2. The second-order valence-corrected chi connectivity index (χ2v) is 11.3. The van der Waals surface area contributed by atoms with E-state index in [2.05, 4.69) is 15.9 Å². The van der Waals surface area contributed by atoms with Crippen molar-refractivity contribution in [3.8, 4) is 0 Å². The van der Waals surface area contributed by atoms with Gasteiger partial charge in [-0.25, -0.2) is 16.8 Å². The molecule has 9 heteroatoms. The van der Waals surface area contributed by atoms with Crippen molar-refractivity contribution in [1.82, 2.24) is 4.31 Å². The van der Waals surface area contributed by atoms with Crippen molar-refractivity contribution in [3.05, 3.63) is 28.7 Å². The Kier molecular flexibility index (Phi) is 5.36. The summed E-state index contributed by atoms with van der Waals surface area (Å²) < 4.78 is 57.6. The van der Waals surface area contributed by atoms with Gasteiger partial charge in [0, 0.05) is 23.7 Å². The van der Waals surface area contributed by atoms with E-state index in [0.29, 0.717) is 13.0 Å². The Morgan fingerprint density at radius 3 is 2.46 bits per heavy atom. The molecule has 3 rings (SSSR count). The Labute approximate surface area is 151 Å². The van der Waals surface area contributed by atoms with Gasteiger partial charge >= 0.3 is 0 Å². The average Bonchev–Trinajstić information content (AvgIpc) is 3.14. The van der Waals surface area contributed by atoms with Gasteiger partial charge in [0.1, 0.15) is 0 Å². The molecule has 24 heavy (non-hydrogen) atoms. The van der Waals surface area contributed by atoms with Crippen LogP contribution < -0.4 is 0 Å². The van der Waals surface area contributed by atoms with Crippen molar-refractivity contribution in [3.63, 3.8) is 0 Å². The van der Waals surface area contributed by atoms with Gasteiger partial charge in [-0.1, -0.05) is 15.9 Å². The first kappa shape index (κ1) is 18.3.